The number of benzene rings is 1. The molecule has 2 aliphatic heterocycles. The van der Waals surface area contributed by atoms with Gasteiger partial charge in [-0.2, -0.15) is 0 Å². The summed E-state index contributed by atoms with van der Waals surface area (Å²) in [5, 5.41) is 0.733. The fraction of sp³-hybridized carbons (Fsp3) is 0.280. The highest BCUT2D eigenvalue weighted by Gasteiger charge is 2.26. The van der Waals surface area contributed by atoms with Crippen LogP contribution in [-0.2, 0) is 17.7 Å². The summed E-state index contributed by atoms with van der Waals surface area (Å²) >= 11 is 0. The van der Waals surface area contributed by atoms with Crippen molar-refractivity contribution in [3.8, 4) is 0 Å². The third-order valence-electron chi connectivity index (χ3n) is 6.35. The van der Waals surface area contributed by atoms with Gasteiger partial charge in [0.25, 0.3) is 0 Å². The summed E-state index contributed by atoms with van der Waals surface area (Å²) in [7, 11) is 0. The van der Waals surface area contributed by atoms with E-state index >= 15 is 0 Å². The lowest BCUT2D eigenvalue weighted by Crippen LogP contribution is -2.39. The Morgan fingerprint density at radius 2 is 1.94 bits per heavy atom. The van der Waals surface area contributed by atoms with Crippen LogP contribution in [0.3, 0.4) is 0 Å². The first-order valence-electron chi connectivity index (χ1n) is 11.1. The minimum Gasteiger partial charge on any atom is -0.368 e. The Balaban J connectivity index is 1.27. The number of fused-ring (bicyclic) bond motifs is 2. The average Bonchev–Trinajstić information content (AvgIpc) is 2.88. The zero-order valence-electron chi connectivity index (χ0n) is 18.1. The van der Waals surface area contributed by atoms with Crippen molar-refractivity contribution >= 4 is 22.4 Å². The number of morpholine rings is 1. The molecule has 0 spiro atoms. The van der Waals surface area contributed by atoms with Crippen molar-refractivity contribution in [2.45, 2.75) is 19.1 Å². The number of hydrogen-bond donors (Lipinski definition) is 0. The Bertz CT molecular complexity index is 1300. The van der Waals surface area contributed by atoms with Crippen molar-refractivity contribution < 1.29 is 9.13 Å². The van der Waals surface area contributed by atoms with Crippen LogP contribution >= 0.6 is 0 Å². The molecule has 5 heterocycles. The second-order valence-corrected chi connectivity index (χ2v) is 8.39. The third-order valence-corrected chi connectivity index (χ3v) is 6.35. The number of halogens is 1. The van der Waals surface area contributed by atoms with Crippen LogP contribution in [0, 0.1) is 5.82 Å². The smallest absolute Gasteiger partial charge is 0.140 e. The molecule has 166 valence electrons. The van der Waals surface area contributed by atoms with Crippen LogP contribution in [0.15, 0.2) is 61.2 Å². The van der Waals surface area contributed by atoms with Gasteiger partial charge >= 0.3 is 0 Å². The molecule has 0 bridgehead atoms. The van der Waals surface area contributed by atoms with Gasteiger partial charge < -0.3 is 14.5 Å². The molecule has 33 heavy (non-hydrogen) atoms. The molecule has 6 rings (SSSR count). The molecule has 0 saturated carbocycles. The minimum atomic E-state index is -0.283. The largest absolute Gasteiger partial charge is 0.368 e. The normalized spacial score (nSPS) is 18.4. The summed E-state index contributed by atoms with van der Waals surface area (Å²) in [6.07, 6.45) is 6.07. The lowest BCUT2D eigenvalue weighted by molar-refractivity contribution is 0.0370. The van der Waals surface area contributed by atoms with E-state index in [4.69, 9.17) is 9.72 Å². The summed E-state index contributed by atoms with van der Waals surface area (Å²) in [5.74, 6) is 0.479. The molecule has 1 fully saturated rings. The van der Waals surface area contributed by atoms with Crippen molar-refractivity contribution in [3.05, 3.63) is 84.0 Å². The Kier molecular flexibility index (Phi) is 5.07. The molecular formula is C25H23FN6O. The van der Waals surface area contributed by atoms with Crippen LogP contribution in [-0.4, -0.2) is 46.2 Å². The molecule has 4 aromatic rings. The van der Waals surface area contributed by atoms with Gasteiger partial charge in [-0.3, -0.25) is 9.97 Å². The van der Waals surface area contributed by atoms with E-state index in [2.05, 4.69) is 30.8 Å². The van der Waals surface area contributed by atoms with Gasteiger partial charge in [0, 0.05) is 43.3 Å². The average molecular weight is 442 g/mol. The summed E-state index contributed by atoms with van der Waals surface area (Å²) in [6.45, 7) is 3.64. The monoisotopic (exact) mass is 442 g/mol. The number of rotatable bonds is 3. The van der Waals surface area contributed by atoms with Gasteiger partial charge in [0.1, 0.15) is 24.1 Å². The van der Waals surface area contributed by atoms with Crippen molar-refractivity contribution in [3.63, 3.8) is 0 Å². The van der Waals surface area contributed by atoms with E-state index in [0.717, 1.165) is 59.9 Å². The highest BCUT2D eigenvalue weighted by atomic mass is 19.1. The molecule has 1 saturated heterocycles. The maximum atomic E-state index is 13.9. The maximum Gasteiger partial charge on any atom is 0.140 e. The molecule has 3 aromatic heterocycles. The third kappa shape index (κ3) is 3.87. The van der Waals surface area contributed by atoms with E-state index in [-0.39, 0.29) is 11.9 Å². The SMILES string of the molecule is Fc1ccc2ncnc(N3CCc4ncc(N5CCOC(c6ccccn6)C5)cc4C3)c2c1. The molecule has 1 aromatic carbocycles. The van der Waals surface area contributed by atoms with E-state index in [0.29, 0.717) is 13.2 Å². The predicted molar refractivity (Wildman–Crippen MR) is 124 cm³/mol. The van der Waals surface area contributed by atoms with E-state index in [1.165, 1.54) is 17.7 Å². The zero-order chi connectivity index (χ0) is 22.2. The van der Waals surface area contributed by atoms with Crippen molar-refractivity contribution in [1.29, 1.82) is 0 Å². The standard InChI is InChI=1S/C25H23FN6O/c26-18-4-5-22-20(12-18)25(30-16-29-22)32-8-6-21-17(14-32)11-19(13-28-21)31-9-10-33-24(15-31)23-3-1-2-7-27-23/h1-5,7,11-13,16,24H,6,8-10,14-15H2. The van der Waals surface area contributed by atoms with Gasteiger partial charge in [-0.1, -0.05) is 6.07 Å². The Morgan fingerprint density at radius 3 is 2.85 bits per heavy atom. The first-order chi connectivity index (χ1) is 16.2. The number of anilines is 2. The second kappa shape index (κ2) is 8.37. The van der Waals surface area contributed by atoms with Crippen LogP contribution < -0.4 is 9.80 Å². The van der Waals surface area contributed by atoms with Gasteiger partial charge in [0.15, 0.2) is 0 Å². The summed E-state index contributed by atoms with van der Waals surface area (Å²) in [6, 6.07) is 12.8. The van der Waals surface area contributed by atoms with E-state index < -0.39 is 0 Å². The maximum absolute atomic E-state index is 13.9. The molecule has 1 atom stereocenters. The molecular weight excluding hydrogens is 419 g/mol. The molecule has 0 N–H and O–H groups in total. The number of nitrogens with zero attached hydrogens (tertiary/aromatic N) is 6. The van der Waals surface area contributed by atoms with Crippen molar-refractivity contribution in [1.82, 2.24) is 19.9 Å². The predicted octanol–water partition coefficient (Wildman–Crippen LogP) is 3.70. The Labute approximate surface area is 190 Å². The molecule has 7 nitrogen and oxygen atoms in total. The van der Waals surface area contributed by atoms with Crippen molar-refractivity contribution in [2.75, 3.05) is 36.0 Å². The fourth-order valence-electron chi connectivity index (χ4n) is 4.66. The number of ether oxygens (including phenoxy) is 1. The molecule has 8 heteroatoms. The number of aromatic nitrogens is 4. The summed E-state index contributed by atoms with van der Waals surface area (Å²) < 4.78 is 19.9. The van der Waals surface area contributed by atoms with Crippen LogP contribution in [0.5, 0.6) is 0 Å². The summed E-state index contributed by atoms with van der Waals surface area (Å²) in [5.41, 5.74) is 5.05. The van der Waals surface area contributed by atoms with Gasteiger partial charge in [0.05, 0.1) is 36.2 Å². The van der Waals surface area contributed by atoms with Gasteiger partial charge in [-0.25, -0.2) is 14.4 Å². The Morgan fingerprint density at radius 1 is 0.970 bits per heavy atom. The van der Waals surface area contributed by atoms with Crippen LogP contribution in [0.4, 0.5) is 15.9 Å². The van der Waals surface area contributed by atoms with E-state index in [1.54, 1.807) is 18.6 Å². The highest BCUT2D eigenvalue weighted by molar-refractivity contribution is 5.89. The minimum absolute atomic E-state index is 0.0604. The second-order valence-electron chi connectivity index (χ2n) is 8.39. The van der Waals surface area contributed by atoms with Crippen molar-refractivity contribution in [2.24, 2.45) is 0 Å². The molecule has 0 aliphatic carbocycles. The quantitative estimate of drug-likeness (QED) is 0.479. The molecule has 1 unspecified atom stereocenters. The first kappa shape index (κ1) is 20.0. The van der Waals surface area contributed by atoms with Crippen LogP contribution in [0.1, 0.15) is 23.1 Å². The Hall–Kier alpha value is -3.65. The highest BCUT2D eigenvalue weighted by Crippen LogP contribution is 2.31. The van der Waals surface area contributed by atoms with Gasteiger partial charge in [0.2, 0.25) is 0 Å². The van der Waals surface area contributed by atoms with Gasteiger partial charge in [-0.05, 0) is 42.0 Å². The van der Waals surface area contributed by atoms with Crippen LogP contribution in [0.2, 0.25) is 0 Å². The van der Waals surface area contributed by atoms with Gasteiger partial charge in [-0.15, -0.1) is 0 Å². The fourth-order valence-corrected chi connectivity index (χ4v) is 4.66. The zero-order valence-corrected chi connectivity index (χ0v) is 18.1. The lowest BCUT2D eigenvalue weighted by atomic mass is 10.0. The summed E-state index contributed by atoms with van der Waals surface area (Å²) in [4.78, 5) is 22.5. The van der Waals surface area contributed by atoms with Crippen LogP contribution in [0.25, 0.3) is 10.9 Å². The number of pyridine rings is 2. The number of hydrogen-bond acceptors (Lipinski definition) is 7. The van der Waals surface area contributed by atoms with E-state index in [9.17, 15) is 4.39 Å². The lowest BCUT2D eigenvalue weighted by Gasteiger charge is -2.35. The molecule has 2 aliphatic rings. The first-order valence-corrected chi connectivity index (χ1v) is 11.1. The van der Waals surface area contributed by atoms with E-state index in [1.807, 2.05) is 24.4 Å². The topological polar surface area (TPSA) is 67.3 Å². The molecule has 0 amide bonds. The molecule has 0 radical (unpaired) electrons.